The van der Waals surface area contributed by atoms with Gasteiger partial charge in [0.2, 0.25) is 0 Å². The fourth-order valence-electron chi connectivity index (χ4n) is 12.5. The van der Waals surface area contributed by atoms with E-state index in [0.717, 1.165) is 61.5 Å². The van der Waals surface area contributed by atoms with Gasteiger partial charge < -0.3 is 13.9 Å². The van der Waals surface area contributed by atoms with E-state index >= 15 is 0 Å². The van der Waals surface area contributed by atoms with Crippen molar-refractivity contribution in [2.75, 3.05) is 4.90 Å². The van der Waals surface area contributed by atoms with Gasteiger partial charge >= 0.3 is 0 Å². The topological polar surface area (TPSA) is 21.3 Å². The van der Waals surface area contributed by atoms with Gasteiger partial charge in [0.05, 0.1) is 11.2 Å². The monoisotopic (exact) mass is 933 g/mol. The van der Waals surface area contributed by atoms with Gasteiger partial charge in [-0.1, -0.05) is 185 Å². The molecule has 3 aliphatic rings. The summed E-state index contributed by atoms with van der Waals surface area (Å²) in [5, 5.41) is 1.21. The van der Waals surface area contributed by atoms with Gasteiger partial charge in [-0.2, -0.15) is 0 Å². The third-order valence-corrected chi connectivity index (χ3v) is 16.1. The molecular weight excluding hydrogens is 860 g/mol. The van der Waals surface area contributed by atoms with Crippen LogP contribution < -0.4 is 21.5 Å². The van der Waals surface area contributed by atoms with Crippen LogP contribution in [0.2, 0.25) is 0 Å². The molecule has 1 atom stereocenters. The van der Waals surface area contributed by atoms with Crippen LogP contribution in [0.25, 0.3) is 39.0 Å². The molecule has 0 saturated carbocycles. The molecule has 12 rings (SSSR count). The molecule has 354 valence electrons. The van der Waals surface area contributed by atoms with Crippen molar-refractivity contribution in [3.8, 4) is 28.1 Å². The maximum atomic E-state index is 8.89. The SMILES string of the molecule is [2H]C([2H])([2H])c1cc(C)c(-c2cc3c(o2)B2c4cc(C(C)(C)C)ccc4N(c4ccc(C(C)(C)C)cc4)c4cc(-n5c6c(c7ccccc75)-c5ccccc5C6(C)C)cc(c42)C3c2ccc(C(C)(C)C)cc2)c(C([2H])([2H])[2H])c1. The molecule has 7 aromatic carbocycles. The minimum absolute atomic E-state index is 0.00979. The Morgan fingerprint density at radius 1 is 0.592 bits per heavy atom. The first kappa shape index (κ1) is 38.9. The number of anilines is 3. The molecule has 4 heteroatoms. The van der Waals surface area contributed by atoms with E-state index in [2.05, 4.69) is 219 Å². The summed E-state index contributed by atoms with van der Waals surface area (Å²) < 4.78 is 61.7. The average molecular weight is 933 g/mol. The van der Waals surface area contributed by atoms with Crippen molar-refractivity contribution in [2.45, 2.75) is 124 Å². The Bertz CT molecular complexity index is 3890. The lowest BCUT2D eigenvalue weighted by atomic mass is 9.33. The number of para-hydroxylation sites is 1. The molecule has 0 bridgehead atoms. The number of hydrogen-bond donors (Lipinski definition) is 0. The number of furan rings is 1. The predicted molar refractivity (Wildman–Crippen MR) is 302 cm³/mol. The maximum Gasteiger partial charge on any atom is 0.292 e. The van der Waals surface area contributed by atoms with Gasteiger partial charge in [0, 0.05) is 64.5 Å². The lowest BCUT2D eigenvalue weighted by Gasteiger charge is -2.42. The first-order valence-corrected chi connectivity index (χ1v) is 25.4. The summed E-state index contributed by atoms with van der Waals surface area (Å²) in [6, 6.07) is 52.6. The third-order valence-electron chi connectivity index (χ3n) is 16.1. The van der Waals surface area contributed by atoms with Gasteiger partial charge in [-0.15, -0.1) is 0 Å². The number of nitrogens with zero attached hydrogens (tertiary/aromatic N) is 2. The van der Waals surface area contributed by atoms with Crippen molar-refractivity contribution in [3.63, 3.8) is 0 Å². The van der Waals surface area contributed by atoms with Gasteiger partial charge in [0.25, 0.3) is 6.71 Å². The second-order valence-corrected chi connectivity index (χ2v) is 24.3. The lowest BCUT2D eigenvalue weighted by Crippen LogP contribution is -2.61. The Labute approximate surface area is 431 Å². The maximum absolute atomic E-state index is 8.89. The van der Waals surface area contributed by atoms with Crippen LogP contribution in [-0.4, -0.2) is 11.3 Å². The van der Waals surface area contributed by atoms with Crippen LogP contribution in [0.3, 0.4) is 0 Å². The summed E-state index contributed by atoms with van der Waals surface area (Å²) in [6.07, 6.45) is 0. The molecule has 3 nitrogen and oxygen atoms in total. The third kappa shape index (κ3) is 6.83. The quantitative estimate of drug-likeness (QED) is 0.164. The number of aryl methyl sites for hydroxylation is 3. The van der Waals surface area contributed by atoms with E-state index in [1.165, 1.54) is 50.5 Å². The highest BCUT2D eigenvalue weighted by Gasteiger charge is 2.48. The number of benzene rings is 7. The zero-order chi connectivity index (χ0) is 54.8. The molecular formula is C67H67BN2O. The van der Waals surface area contributed by atoms with Crippen molar-refractivity contribution in [1.82, 2.24) is 4.57 Å². The molecule has 2 aromatic heterocycles. The fraction of sp³-hybridized carbons (Fsp3) is 0.284. The molecule has 9 aromatic rings. The summed E-state index contributed by atoms with van der Waals surface area (Å²) in [5.74, 6) is 0.0428. The van der Waals surface area contributed by atoms with Crippen LogP contribution in [0, 0.1) is 20.6 Å². The van der Waals surface area contributed by atoms with Crippen LogP contribution in [0.15, 0.2) is 150 Å². The van der Waals surface area contributed by atoms with Gasteiger partial charge in [-0.3, -0.25) is 0 Å². The molecule has 0 spiro atoms. The highest BCUT2D eigenvalue weighted by atomic mass is 16.3. The van der Waals surface area contributed by atoms with E-state index in [9.17, 15) is 0 Å². The van der Waals surface area contributed by atoms with Gasteiger partial charge in [-0.05, 0) is 146 Å². The van der Waals surface area contributed by atoms with E-state index in [0.29, 0.717) is 16.9 Å². The summed E-state index contributed by atoms with van der Waals surface area (Å²) in [4.78, 5) is 2.47. The normalized spacial score (nSPS) is 17.3. The first-order valence-electron chi connectivity index (χ1n) is 28.4. The zero-order valence-corrected chi connectivity index (χ0v) is 43.3. The molecule has 1 unspecified atom stereocenters. The molecule has 1 aliphatic carbocycles. The molecule has 0 N–H and O–H groups in total. The molecule has 4 heterocycles. The number of rotatable bonds is 4. The van der Waals surface area contributed by atoms with Crippen LogP contribution in [0.4, 0.5) is 17.1 Å². The molecule has 71 heavy (non-hydrogen) atoms. The van der Waals surface area contributed by atoms with Crippen molar-refractivity contribution < 1.29 is 12.6 Å². The Balaban J connectivity index is 1.24. The van der Waals surface area contributed by atoms with E-state index in [1.807, 2.05) is 0 Å². The molecule has 2 aliphatic heterocycles. The highest BCUT2D eigenvalue weighted by molar-refractivity contribution is 6.98. The summed E-state index contributed by atoms with van der Waals surface area (Å²) in [5.41, 5.74) is 20.4. The predicted octanol–water partition coefficient (Wildman–Crippen LogP) is 15.8. The van der Waals surface area contributed by atoms with Crippen molar-refractivity contribution in [2.24, 2.45) is 0 Å². The lowest BCUT2D eigenvalue weighted by molar-refractivity contribution is 0.589. The number of fused-ring (bicyclic) bond motifs is 9. The summed E-state index contributed by atoms with van der Waals surface area (Å²) in [6.45, 7) is 21.2. The zero-order valence-electron chi connectivity index (χ0n) is 49.3. The van der Waals surface area contributed by atoms with E-state index < -0.39 is 20.4 Å². The van der Waals surface area contributed by atoms with Crippen LogP contribution >= 0.6 is 0 Å². The summed E-state index contributed by atoms with van der Waals surface area (Å²) >= 11 is 0. The van der Waals surface area contributed by atoms with Crippen LogP contribution in [0.5, 0.6) is 0 Å². The first-order chi connectivity index (χ1) is 36.0. The van der Waals surface area contributed by atoms with Gasteiger partial charge in [-0.25, -0.2) is 0 Å². The number of hydrogen-bond acceptors (Lipinski definition) is 2. The van der Waals surface area contributed by atoms with E-state index in [-0.39, 0.29) is 38.7 Å². The highest BCUT2D eigenvalue weighted by Crippen LogP contribution is 2.55. The Kier molecular flexibility index (Phi) is 8.42. The van der Waals surface area contributed by atoms with Gasteiger partial charge in [0.15, 0.2) is 0 Å². The molecule has 0 radical (unpaired) electrons. The largest absolute Gasteiger partial charge is 0.470 e. The molecule has 0 amide bonds. The average Bonchev–Trinajstić information content (AvgIpc) is 4.24. The second kappa shape index (κ2) is 15.4. The minimum Gasteiger partial charge on any atom is -0.470 e. The van der Waals surface area contributed by atoms with Gasteiger partial charge in [0.1, 0.15) is 5.76 Å². The Morgan fingerprint density at radius 3 is 1.93 bits per heavy atom. The van der Waals surface area contributed by atoms with Crippen molar-refractivity contribution in [3.05, 3.63) is 207 Å². The fourth-order valence-corrected chi connectivity index (χ4v) is 12.5. The Hall–Kier alpha value is -6.78. The molecule has 0 saturated heterocycles. The molecule has 0 fully saturated rings. The van der Waals surface area contributed by atoms with E-state index in [4.69, 9.17) is 12.6 Å². The second-order valence-electron chi connectivity index (χ2n) is 24.3. The number of aromatic nitrogens is 1. The van der Waals surface area contributed by atoms with Crippen molar-refractivity contribution in [1.29, 1.82) is 0 Å². The van der Waals surface area contributed by atoms with Crippen LogP contribution in [-0.2, 0) is 21.7 Å². The summed E-state index contributed by atoms with van der Waals surface area (Å²) in [7, 11) is 0. The van der Waals surface area contributed by atoms with E-state index in [1.54, 1.807) is 13.0 Å². The standard InChI is InChI=1S/C67H67BN2O/c1-39-33-40(2)58(41(3)34-39)57-38-51-59(42-23-25-43(26-24-42)64(4,5)6)50-36-47(70-54-22-18-16-20-49(54)60-48-19-15-17-21-52(48)67(13,14)62(60)70)37-56-61(50)68(63(51)71-57)53-35-45(66(10,11)12)29-32-55(53)69(56)46-30-27-44(28-31-46)65(7,8)9/h15-38,59H,1-14H3/i1D3,2D3. The Morgan fingerprint density at radius 2 is 1.24 bits per heavy atom. The van der Waals surface area contributed by atoms with Crippen molar-refractivity contribution >= 4 is 51.3 Å². The van der Waals surface area contributed by atoms with Crippen LogP contribution in [0.1, 0.15) is 152 Å². The smallest absolute Gasteiger partial charge is 0.292 e. The minimum atomic E-state index is -2.64.